The second-order valence-electron chi connectivity index (χ2n) is 8.70. The van der Waals surface area contributed by atoms with E-state index >= 15 is 0 Å². The molecule has 10 heteroatoms. The van der Waals surface area contributed by atoms with Gasteiger partial charge in [0.2, 0.25) is 17.6 Å². The lowest BCUT2D eigenvalue weighted by Gasteiger charge is -2.23. The first-order chi connectivity index (χ1) is 16.6. The summed E-state index contributed by atoms with van der Waals surface area (Å²) in [5.41, 5.74) is 13.0. The minimum atomic E-state index is -0.875. The van der Waals surface area contributed by atoms with Gasteiger partial charge in [-0.3, -0.25) is 14.4 Å². The fraction of sp³-hybridized carbons (Fsp3) is 0.320. The Bertz CT molecular complexity index is 1200. The molecule has 3 aromatic rings. The van der Waals surface area contributed by atoms with Crippen LogP contribution in [0.15, 0.2) is 53.5 Å². The van der Waals surface area contributed by atoms with Crippen LogP contribution in [0.25, 0.3) is 10.2 Å². The molecule has 0 saturated heterocycles. The molecule has 1 aromatic heterocycles. The van der Waals surface area contributed by atoms with Gasteiger partial charge in [-0.2, -0.15) is 0 Å². The van der Waals surface area contributed by atoms with Crippen molar-refractivity contribution < 1.29 is 14.4 Å². The Labute approximate surface area is 208 Å². The average Bonchev–Trinajstić information content (AvgIpc) is 3.22. The Morgan fingerprint density at radius 1 is 1.00 bits per heavy atom. The standard InChI is InChI=1S/C25H30N6O3S/c1-14(2)12-20(28-15(3)32)23(34)30-19(13-16-8-10-17(11-9-16)29-25(26)27)22(33)24-31-18-6-4-5-7-21(18)35-24/h4-11,14,19-20H,12-13H2,1-3H3,(H,28,32)(H,30,34)(H4,26,27,29)/t19?,20-/m1/s1. The molecule has 2 amide bonds. The van der Waals surface area contributed by atoms with Crippen molar-refractivity contribution in [3.8, 4) is 0 Å². The number of carbonyl (C=O) groups is 3. The van der Waals surface area contributed by atoms with E-state index in [1.54, 1.807) is 24.3 Å². The predicted octanol–water partition coefficient (Wildman–Crippen LogP) is 2.66. The molecular weight excluding hydrogens is 464 g/mol. The summed E-state index contributed by atoms with van der Waals surface area (Å²) < 4.78 is 0.887. The molecule has 3 rings (SSSR count). The van der Waals surface area contributed by atoms with E-state index < -0.39 is 18.0 Å². The Morgan fingerprint density at radius 3 is 2.29 bits per heavy atom. The number of nitrogens with two attached hydrogens (primary N) is 2. The number of para-hydroxylation sites is 1. The summed E-state index contributed by atoms with van der Waals surface area (Å²) in [6.45, 7) is 5.29. The third-order valence-corrected chi connectivity index (χ3v) is 6.22. The molecule has 0 aliphatic heterocycles. The maximum atomic E-state index is 13.5. The zero-order valence-corrected chi connectivity index (χ0v) is 20.8. The van der Waals surface area contributed by atoms with E-state index in [-0.39, 0.29) is 30.0 Å². The molecule has 0 radical (unpaired) electrons. The second kappa shape index (κ2) is 11.6. The highest BCUT2D eigenvalue weighted by Crippen LogP contribution is 2.24. The quantitative estimate of drug-likeness (QED) is 0.193. The zero-order valence-electron chi connectivity index (χ0n) is 19.9. The number of guanidine groups is 1. The topological polar surface area (TPSA) is 153 Å². The summed E-state index contributed by atoms with van der Waals surface area (Å²) in [5, 5.41) is 5.87. The van der Waals surface area contributed by atoms with Crippen LogP contribution in [0.4, 0.5) is 5.69 Å². The maximum Gasteiger partial charge on any atom is 0.243 e. The number of fused-ring (bicyclic) bond motifs is 1. The van der Waals surface area contributed by atoms with Crippen molar-refractivity contribution in [2.24, 2.45) is 22.4 Å². The molecule has 0 aliphatic carbocycles. The van der Waals surface area contributed by atoms with Crippen LogP contribution in [0.5, 0.6) is 0 Å². The Morgan fingerprint density at radius 2 is 1.69 bits per heavy atom. The summed E-state index contributed by atoms with van der Waals surface area (Å²) in [5.74, 6) is -0.901. The number of benzene rings is 2. The fourth-order valence-electron chi connectivity index (χ4n) is 3.65. The van der Waals surface area contributed by atoms with Gasteiger partial charge in [-0.25, -0.2) is 9.98 Å². The van der Waals surface area contributed by atoms with E-state index in [4.69, 9.17) is 11.5 Å². The largest absolute Gasteiger partial charge is 0.370 e. The van der Waals surface area contributed by atoms with Crippen LogP contribution in [-0.2, 0) is 16.0 Å². The molecular formula is C25H30N6O3S. The number of nitrogens with zero attached hydrogens (tertiary/aromatic N) is 2. The zero-order chi connectivity index (χ0) is 25.5. The average molecular weight is 495 g/mol. The van der Waals surface area contributed by atoms with E-state index in [0.717, 1.165) is 15.8 Å². The third-order valence-electron chi connectivity index (χ3n) is 5.17. The summed E-state index contributed by atoms with van der Waals surface area (Å²) in [6, 6.07) is 12.9. The molecule has 184 valence electrons. The highest BCUT2D eigenvalue weighted by Gasteiger charge is 2.29. The van der Waals surface area contributed by atoms with E-state index in [9.17, 15) is 14.4 Å². The smallest absolute Gasteiger partial charge is 0.243 e. The number of Topliss-reactive ketones (excluding diaryl/α,β-unsaturated/α-hetero) is 1. The van der Waals surface area contributed by atoms with Gasteiger partial charge >= 0.3 is 0 Å². The van der Waals surface area contributed by atoms with Gasteiger partial charge in [0.25, 0.3) is 0 Å². The van der Waals surface area contributed by atoms with Crippen LogP contribution >= 0.6 is 11.3 Å². The van der Waals surface area contributed by atoms with Gasteiger partial charge in [0.15, 0.2) is 11.0 Å². The third kappa shape index (κ3) is 7.35. The number of amides is 2. The maximum absolute atomic E-state index is 13.5. The predicted molar refractivity (Wildman–Crippen MR) is 139 cm³/mol. The Hall–Kier alpha value is -3.79. The molecule has 2 atom stereocenters. The molecule has 2 aromatic carbocycles. The highest BCUT2D eigenvalue weighted by atomic mass is 32.1. The van der Waals surface area contributed by atoms with Crippen molar-refractivity contribution in [1.82, 2.24) is 15.6 Å². The van der Waals surface area contributed by atoms with Gasteiger partial charge in [0.1, 0.15) is 6.04 Å². The van der Waals surface area contributed by atoms with E-state index in [1.807, 2.05) is 38.1 Å². The van der Waals surface area contributed by atoms with E-state index in [1.165, 1.54) is 18.3 Å². The number of hydrogen-bond donors (Lipinski definition) is 4. The van der Waals surface area contributed by atoms with E-state index in [2.05, 4.69) is 20.6 Å². The Kier molecular flexibility index (Phi) is 8.53. The van der Waals surface area contributed by atoms with Crippen LogP contribution in [0.3, 0.4) is 0 Å². The molecule has 0 spiro atoms. The van der Waals surface area contributed by atoms with Crippen molar-refractivity contribution in [2.75, 3.05) is 0 Å². The van der Waals surface area contributed by atoms with E-state index in [0.29, 0.717) is 17.1 Å². The summed E-state index contributed by atoms with van der Waals surface area (Å²) in [6.07, 6.45) is 0.678. The monoisotopic (exact) mass is 494 g/mol. The molecule has 1 heterocycles. The second-order valence-corrected chi connectivity index (χ2v) is 9.73. The number of hydrogen-bond acceptors (Lipinski definition) is 6. The van der Waals surface area contributed by atoms with Gasteiger partial charge in [-0.15, -0.1) is 11.3 Å². The van der Waals surface area contributed by atoms with Crippen LogP contribution in [0, 0.1) is 5.92 Å². The molecule has 0 saturated carbocycles. The van der Waals surface area contributed by atoms with Gasteiger partial charge in [-0.05, 0) is 42.2 Å². The van der Waals surface area contributed by atoms with Crippen molar-refractivity contribution in [3.63, 3.8) is 0 Å². The first-order valence-corrected chi connectivity index (χ1v) is 12.1. The minimum Gasteiger partial charge on any atom is -0.370 e. The van der Waals surface area contributed by atoms with Gasteiger partial charge in [-0.1, -0.05) is 38.1 Å². The Balaban J connectivity index is 1.89. The summed E-state index contributed by atoms with van der Waals surface area (Å²) in [4.78, 5) is 46.8. The number of ketones is 1. The molecule has 0 bridgehead atoms. The number of nitrogens with one attached hydrogen (secondary N) is 2. The molecule has 1 unspecified atom stereocenters. The van der Waals surface area contributed by atoms with Crippen LogP contribution in [0.1, 0.15) is 42.6 Å². The summed E-state index contributed by atoms with van der Waals surface area (Å²) in [7, 11) is 0. The molecule has 0 fully saturated rings. The van der Waals surface area contributed by atoms with Gasteiger partial charge in [0, 0.05) is 13.3 Å². The molecule has 6 N–H and O–H groups in total. The van der Waals surface area contributed by atoms with Crippen molar-refractivity contribution in [1.29, 1.82) is 0 Å². The molecule has 35 heavy (non-hydrogen) atoms. The van der Waals surface area contributed by atoms with Crippen LogP contribution in [0.2, 0.25) is 0 Å². The summed E-state index contributed by atoms with van der Waals surface area (Å²) >= 11 is 1.28. The number of carbonyl (C=O) groups excluding carboxylic acids is 3. The van der Waals surface area contributed by atoms with Crippen molar-refractivity contribution in [2.45, 2.75) is 45.7 Å². The van der Waals surface area contributed by atoms with Gasteiger partial charge < -0.3 is 22.1 Å². The first-order valence-electron chi connectivity index (χ1n) is 11.3. The minimum absolute atomic E-state index is 0.0527. The molecule has 9 nitrogen and oxygen atoms in total. The number of aromatic nitrogens is 1. The lowest BCUT2D eigenvalue weighted by molar-refractivity contribution is -0.128. The normalized spacial score (nSPS) is 12.7. The number of rotatable bonds is 10. The first kappa shape index (κ1) is 25.8. The lowest BCUT2D eigenvalue weighted by Crippen LogP contribution is -2.52. The number of aliphatic imine (C=N–C) groups is 1. The van der Waals surface area contributed by atoms with Crippen LogP contribution < -0.4 is 22.1 Å². The van der Waals surface area contributed by atoms with Crippen LogP contribution in [-0.4, -0.2) is 40.6 Å². The number of thiazole rings is 1. The SMILES string of the molecule is CC(=O)N[C@H](CC(C)C)C(=O)NC(Cc1ccc(N=C(N)N)cc1)C(=O)c1nc2ccccc2s1. The van der Waals surface area contributed by atoms with Gasteiger partial charge in [0.05, 0.1) is 21.9 Å². The highest BCUT2D eigenvalue weighted by molar-refractivity contribution is 7.20. The fourth-order valence-corrected chi connectivity index (χ4v) is 4.61. The lowest BCUT2D eigenvalue weighted by atomic mass is 9.99. The van der Waals surface area contributed by atoms with Crippen molar-refractivity contribution in [3.05, 3.63) is 59.1 Å². The van der Waals surface area contributed by atoms with Crippen molar-refractivity contribution >= 4 is 50.8 Å². The molecule has 0 aliphatic rings.